The van der Waals surface area contributed by atoms with Crippen molar-refractivity contribution in [3.8, 4) is 0 Å². The number of rotatable bonds is 1. The molecule has 0 saturated carbocycles. The van der Waals surface area contributed by atoms with E-state index < -0.39 is 29.5 Å². The summed E-state index contributed by atoms with van der Waals surface area (Å²) in [5, 5.41) is 9.74. The molecular formula is C20H19NO5. The summed E-state index contributed by atoms with van der Waals surface area (Å²) < 4.78 is 12.3. The number of aliphatic carboxylic acids is 1. The summed E-state index contributed by atoms with van der Waals surface area (Å²) in [5.74, 6) is -2.43. The molecule has 1 N–H and O–H groups in total. The number of hydrogen-bond acceptors (Lipinski definition) is 4. The predicted octanol–water partition coefficient (Wildman–Crippen LogP) is 1.83. The molecule has 3 saturated heterocycles. The average Bonchev–Trinajstić information content (AvgIpc) is 3.35. The Kier molecular flexibility index (Phi) is 2.62. The number of nitrogens with zero attached hydrogens (tertiary/aromatic N) is 1. The zero-order valence-corrected chi connectivity index (χ0v) is 14.3. The zero-order valence-electron chi connectivity index (χ0n) is 14.3. The van der Waals surface area contributed by atoms with Gasteiger partial charge in [-0.25, -0.2) is 0 Å². The Labute approximate surface area is 150 Å². The highest BCUT2D eigenvalue weighted by atomic mass is 16.5. The normalized spacial score (nSPS) is 44.0. The second-order valence-corrected chi connectivity index (χ2v) is 8.10. The van der Waals surface area contributed by atoms with E-state index in [1.807, 2.05) is 36.1 Å². The van der Waals surface area contributed by atoms with Crippen molar-refractivity contribution in [3.63, 3.8) is 0 Å². The van der Waals surface area contributed by atoms with Crippen molar-refractivity contribution in [3.05, 3.63) is 41.5 Å². The first kappa shape index (κ1) is 14.9. The van der Waals surface area contributed by atoms with Crippen LogP contribution in [0, 0.1) is 24.7 Å². The molecule has 0 aromatic heterocycles. The molecule has 26 heavy (non-hydrogen) atoms. The summed E-state index contributed by atoms with van der Waals surface area (Å²) in [6.45, 7) is 2.68. The molecule has 0 aliphatic carbocycles. The fraction of sp³-hybridized carbons (Fsp3) is 0.500. The first-order valence-corrected chi connectivity index (χ1v) is 9.18. The van der Waals surface area contributed by atoms with E-state index in [0.29, 0.717) is 6.61 Å². The molecule has 5 aliphatic heterocycles. The number of carbonyl (C=O) groups is 2. The van der Waals surface area contributed by atoms with E-state index in [0.717, 1.165) is 23.2 Å². The Balaban J connectivity index is 1.59. The van der Waals surface area contributed by atoms with Gasteiger partial charge in [0.05, 0.1) is 24.2 Å². The second kappa shape index (κ2) is 4.56. The minimum atomic E-state index is -0.956. The van der Waals surface area contributed by atoms with E-state index in [1.165, 1.54) is 0 Å². The largest absolute Gasteiger partial charge is 0.481 e. The minimum absolute atomic E-state index is 0.0630. The van der Waals surface area contributed by atoms with Gasteiger partial charge < -0.3 is 19.5 Å². The van der Waals surface area contributed by atoms with Crippen molar-refractivity contribution in [2.75, 3.05) is 11.5 Å². The van der Waals surface area contributed by atoms with Crippen molar-refractivity contribution < 1.29 is 24.2 Å². The first-order chi connectivity index (χ1) is 12.5. The third-order valence-electron chi connectivity index (χ3n) is 6.91. The molecule has 1 spiro atoms. The molecule has 3 fully saturated rings. The van der Waals surface area contributed by atoms with E-state index in [4.69, 9.17) is 9.47 Å². The Hall–Kier alpha value is -2.18. The van der Waals surface area contributed by atoms with Gasteiger partial charge in [-0.2, -0.15) is 0 Å². The van der Waals surface area contributed by atoms with Gasteiger partial charge in [0, 0.05) is 23.8 Å². The van der Waals surface area contributed by atoms with Gasteiger partial charge in [0.15, 0.2) is 0 Å². The minimum Gasteiger partial charge on any atom is -0.481 e. The number of amides is 1. The topological polar surface area (TPSA) is 76.1 Å². The van der Waals surface area contributed by atoms with Crippen LogP contribution in [0.4, 0.5) is 5.69 Å². The van der Waals surface area contributed by atoms with Gasteiger partial charge in [-0.05, 0) is 19.4 Å². The Morgan fingerprint density at radius 2 is 2.23 bits per heavy atom. The average molecular weight is 353 g/mol. The molecule has 7 atom stereocenters. The highest BCUT2D eigenvalue weighted by Crippen LogP contribution is 2.62. The summed E-state index contributed by atoms with van der Waals surface area (Å²) in [6.07, 6.45) is 4.07. The number of fused-ring (bicyclic) bond motifs is 7. The second-order valence-electron chi connectivity index (χ2n) is 8.10. The first-order valence-electron chi connectivity index (χ1n) is 9.18. The van der Waals surface area contributed by atoms with Crippen LogP contribution < -0.4 is 4.90 Å². The van der Waals surface area contributed by atoms with Crippen LogP contribution in [0.25, 0.3) is 0 Å². The third kappa shape index (κ3) is 1.48. The molecule has 1 aromatic rings. The quantitative estimate of drug-likeness (QED) is 0.780. The fourth-order valence-corrected chi connectivity index (χ4v) is 6.04. The zero-order chi connectivity index (χ0) is 17.8. The number of carboxylic acids is 1. The molecule has 2 bridgehead atoms. The number of anilines is 1. The van der Waals surface area contributed by atoms with Gasteiger partial charge in [-0.3, -0.25) is 9.59 Å². The molecule has 6 nitrogen and oxygen atoms in total. The van der Waals surface area contributed by atoms with Gasteiger partial charge in [0.2, 0.25) is 5.91 Å². The fourth-order valence-electron chi connectivity index (χ4n) is 6.04. The van der Waals surface area contributed by atoms with Crippen LogP contribution in [0.1, 0.15) is 23.7 Å². The molecule has 5 aliphatic rings. The van der Waals surface area contributed by atoms with Crippen LogP contribution in [-0.2, 0) is 19.1 Å². The van der Waals surface area contributed by atoms with Crippen molar-refractivity contribution >= 4 is 17.6 Å². The monoisotopic (exact) mass is 353 g/mol. The maximum atomic E-state index is 13.5. The number of ether oxygens (including phenoxy) is 2. The van der Waals surface area contributed by atoms with E-state index in [9.17, 15) is 14.7 Å². The number of aryl methyl sites for hydroxylation is 1. The van der Waals surface area contributed by atoms with Crippen LogP contribution in [-0.4, -0.2) is 41.3 Å². The van der Waals surface area contributed by atoms with Gasteiger partial charge in [-0.15, -0.1) is 0 Å². The Bertz CT molecular complexity index is 894. The van der Waals surface area contributed by atoms with Gasteiger partial charge in [-0.1, -0.05) is 29.8 Å². The van der Waals surface area contributed by atoms with Crippen molar-refractivity contribution in [1.29, 1.82) is 0 Å². The SMILES string of the molecule is Cc1ccc2c(c1)[C@@H]1OCC[C@H]1[C@@H]1N2C(=O)[C@@H]2[C@@H](C(=O)O)[C@@H]3C=C[C@@]21O3. The van der Waals surface area contributed by atoms with Crippen LogP contribution in [0.15, 0.2) is 30.4 Å². The molecule has 134 valence electrons. The third-order valence-corrected chi connectivity index (χ3v) is 6.91. The lowest BCUT2D eigenvalue weighted by molar-refractivity contribution is -0.146. The lowest BCUT2D eigenvalue weighted by Gasteiger charge is -2.44. The lowest BCUT2D eigenvalue weighted by Crippen LogP contribution is -2.53. The molecule has 1 amide bonds. The summed E-state index contributed by atoms with van der Waals surface area (Å²) >= 11 is 0. The summed E-state index contributed by atoms with van der Waals surface area (Å²) in [6, 6.07) is 5.86. The van der Waals surface area contributed by atoms with E-state index in [-0.39, 0.29) is 24.0 Å². The molecule has 0 unspecified atom stereocenters. The Morgan fingerprint density at radius 3 is 3.04 bits per heavy atom. The molecular weight excluding hydrogens is 334 g/mol. The lowest BCUT2D eigenvalue weighted by atomic mass is 9.70. The molecule has 1 aromatic carbocycles. The molecule has 5 heterocycles. The van der Waals surface area contributed by atoms with E-state index >= 15 is 0 Å². The van der Waals surface area contributed by atoms with Crippen molar-refractivity contribution in [2.24, 2.45) is 17.8 Å². The van der Waals surface area contributed by atoms with Crippen LogP contribution in [0.2, 0.25) is 0 Å². The summed E-state index contributed by atoms with van der Waals surface area (Å²) in [7, 11) is 0. The standard InChI is InChI=1S/C20H19NO5/c1-9-2-3-12-11(8-9)16-10(5-7-25-16)17-20-6-4-13(26-20)14(19(23)24)15(20)18(22)21(12)17/h2-4,6,8,10,13-17H,5,7H2,1H3,(H,23,24)/t10-,13+,14+,15+,16-,17+,20-/m1/s1. The van der Waals surface area contributed by atoms with Crippen molar-refractivity contribution in [1.82, 2.24) is 0 Å². The van der Waals surface area contributed by atoms with Gasteiger partial charge in [0.1, 0.15) is 11.5 Å². The maximum Gasteiger partial charge on any atom is 0.310 e. The van der Waals surface area contributed by atoms with Crippen LogP contribution >= 0.6 is 0 Å². The molecule has 6 heteroatoms. The van der Waals surface area contributed by atoms with Crippen LogP contribution in [0.3, 0.4) is 0 Å². The molecule has 6 rings (SSSR count). The maximum absolute atomic E-state index is 13.5. The number of carbonyl (C=O) groups excluding carboxylic acids is 1. The highest BCUT2D eigenvalue weighted by Gasteiger charge is 2.74. The number of carboxylic acid groups (broad SMARTS) is 1. The smallest absolute Gasteiger partial charge is 0.310 e. The summed E-state index contributed by atoms with van der Waals surface area (Å²) in [4.78, 5) is 27.2. The predicted molar refractivity (Wildman–Crippen MR) is 90.6 cm³/mol. The summed E-state index contributed by atoms with van der Waals surface area (Å²) in [5.41, 5.74) is 2.17. The van der Waals surface area contributed by atoms with Crippen molar-refractivity contribution in [2.45, 2.75) is 37.2 Å². The molecule has 0 radical (unpaired) electrons. The highest BCUT2D eigenvalue weighted by molar-refractivity contribution is 6.04. The van der Waals surface area contributed by atoms with E-state index in [1.54, 1.807) is 0 Å². The van der Waals surface area contributed by atoms with Gasteiger partial charge >= 0.3 is 5.97 Å². The number of hydrogen-bond donors (Lipinski definition) is 1. The van der Waals surface area contributed by atoms with Gasteiger partial charge in [0.25, 0.3) is 0 Å². The number of benzene rings is 1. The Morgan fingerprint density at radius 1 is 1.38 bits per heavy atom. The van der Waals surface area contributed by atoms with Crippen LogP contribution in [0.5, 0.6) is 0 Å². The van der Waals surface area contributed by atoms with E-state index in [2.05, 4.69) is 6.07 Å².